The van der Waals surface area contributed by atoms with E-state index in [1.165, 1.54) is 0 Å². The third-order valence-electron chi connectivity index (χ3n) is 1.33. The molecule has 0 aromatic carbocycles. The van der Waals surface area contributed by atoms with E-state index < -0.39 is 0 Å². The molecule has 13 heavy (non-hydrogen) atoms. The Labute approximate surface area is 80.1 Å². The van der Waals surface area contributed by atoms with Gasteiger partial charge in [-0.15, -0.1) is 0 Å². The zero-order chi connectivity index (χ0) is 9.68. The molecule has 4 nitrogen and oxygen atoms in total. The summed E-state index contributed by atoms with van der Waals surface area (Å²) < 4.78 is 4.98. The minimum atomic E-state index is -0.324. The van der Waals surface area contributed by atoms with Crippen molar-refractivity contribution < 1.29 is 9.21 Å². The molecule has 0 saturated carbocycles. The lowest BCUT2D eigenvalue weighted by Crippen LogP contribution is -2.21. The minimum absolute atomic E-state index is 0.144. The number of rotatable bonds is 3. The molecule has 68 valence electrons. The highest BCUT2D eigenvalue weighted by Gasteiger charge is 2.02. The van der Waals surface area contributed by atoms with Crippen molar-refractivity contribution in [2.45, 2.75) is 13.0 Å². The molecular weight excluding hydrogens is 192 g/mol. The second kappa shape index (κ2) is 4.53. The fourth-order valence-electron chi connectivity index (χ4n) is 0.767. The SMILES string of the molecule is N#CCC(=O)NCc1ccc(Cl)o1. The Morgan fingerprint density at radius 2 is 2.46 bits per heavy atom. The van der Waals surface area contributed by atoms with E-state index in [4.69, 9.17) is 21.3 Å². The third-order valence-corrected chi connectivity index (χ3v) is 1.53. The number of halogens is 1. The number of nitriles is 1. The van der Waals surface area contributed by atoms with Crippen LogP contribution < -0.4 is 5.32 Å². The predicted octanol–water partition coefficient (Wildman–Crippen LogP) is 1.46. The fraction of sp³-hybridized carbons (Fsp3) is 0.250. The highest BCUT2D eigenvalue weighted by molar-refractivity contribution is 6.28. The Hall–Kier alpha value is -1.47. The number of furan rings is 1. The number of nitrogens with zero attached hydrogens (tertiary/aromatic N) is 1. The maximum absolute atomic E-state index is 10.8. The number of amides is 1. The predicted molar refractivity (Wildman–Crippen MR) is 45.8 cm³/mol. The van der Waals surface area contributed by atoms with Gasteiger partial charge < -0.3 is 9.73 Å². The number of hydrogen-bond donors (Lipinski definition) is 1. The second-order valence-corrected chi connectivity index (χ2v) is 2.69. The van der Waals surface area contributed by atoms with E-state index in [0.717, 1.165) is 0 Å². The maximum Gasteiger partial charge on any atom is 0.234 e. The third kappa shape index (κ3) is 3.18. The Balaban J connectivity index is 2.36. The molecule has 1 rings (SSSR count). The molecule has 1 N–H and O–H groups in total. The van der Waals surface area contributed by atoms with Crippen molar-refractivity contribution in [3.63, 3.8) is 0 Å². The lowest BCUT2D eigenvalue weighted by atomic mass is 10.4. The minimum Gasteiger partial charge on any atom is -0.448 e. The standard InChI is InChI=1S/C8H7ClN2O2/c9-7-2-1-6(13-7)5-11-8(12)3-4-10/h1-2H,3,5H2,(H,11,12). The van der Waals surface area contributed by atoms with Crippen LogP contribution in [0.1, 0.15) is 12.2 Å². The molecule has 1 aromatic rings. The molecular formula is C8H7ClN2O2. The first-order valence-corrected chi connectivity index (χ1v) is 3.98. The first-order valence-electron chi connectivity index (χ1n) is 3.60. The summed E-state index contributed by atoms with van der Waals surface area (Å²) in [7, 11) is 0. The van der Waals surface area contributed by atoms with Gasteiger partial charge in [-0.3, -0.25) is 4.79 Å². The summed E-state index contributed by atoms with van der Waals surface area (Å²) in [6.45, 7) is 0.257. The van der Waals surface area contributed by atoms with Gasteiger partial charge in [-0.05, 0) is 23.7 Å². The van der Waals surface area contributed by atoms with Gasteiger partial charge in [0.2, 0.25) is 5.91 Å². The molecule has 0 fully saturated rings. The van der Waals surface area contributed by atoms with Crippen LogP contribution in [0.15, 0.2) is 16.5 Å². The summed E-state index contributed by atoms with van der Waals surface area (Å²) in [6.07, 6.45) is -0.144. The molecule has 0 unspecified atom stereocenters. The quantitative estimate of drug-likeness (QED) is 0.800. The van der Waals surface area contributed by atoms with Crippen LogP contribution in [0.3, 0.4) is 0 Å². The topological polar surface area (TPSA) is 66.0 Å². The maximum atomic E-state index is 10.8. The second-order valence-electron chi connectivity index (χ2n) is 2.32. The Morgan fingerprint density at radius 1 is 1.69 bits per heavy atom. The van der Waals surface area contributed by atoms with Gasteiger partial charge in [0.25, 0.3) is 0 Å². The average molecular weight is 199 g/mol. The van der Waals surface area contributed by atoms with Crippen LogP contribution in [0, 0.1) is 11.3 Å². The molecule has 0 bridgehead atoms. The van der Waals surface area contributed by atoms with E-state index in [2.05, 4.69) is 5.32 Å². The first kappa shape index (κ1) is 9.62. The van der Waals surface area contributed by atoms with Crippen molar-refractivity contribution in [2.24, 2.45) is 0 Å². The molecule has 1 aromatic heterocycles. The molecule has 1 heterocycles. The van der Waals surface area contributed by atoms with Crippen molar-refractivity contribution in [1.29, 1.82) is 5.26 Å². The van der Waals surface area contributed by atoms with Crippen molar-refractivity contribution in [1.82, 2.24) is 5.32 Å². The van der Waals surface area contributed by atoms with Crippen LogP contribution in [-0.2, 0) is 11.3 Å². The van der Waals surface area contributed by atoms with Gasteiger partial charge in [0.15, 0.2) is 5.22 Å². The normalized spacial score (nSPS) is 9.23. The monoisotopic (exact) mass is 198 g/mol. The van der Waals surface area contributed by atoms with Gasteiger partial charge in [0, 0.05) is 0 Å². The molecule has 0 atom stereocenters. The molecule has 0 radical (unpaired) electrons. The van der Waals surface area contributed by atoms with Crippen LogP contribution >= 0.6 is 11.6 Å². The number of carbonyl (C=O) groups excluding carboxylic acids is 1. The Kier molecular flexibility index (Phi) is 3.35. The van der Waals surface area contributed by atoms with Crippen LogP contribution in [0.2, 0.25) is 5.22 Å². The number of hydrogen-bond acceptors (Lipinski definition) is 3. The van der Waals surface area contributed by atoms with Crippen molar-refractivity contribution >= 4 is 17.5 Å². The van der Waals surface area contributed by atoms with Crippen molar-refractivity contribution in [3.8, 4) is 6.07 Å². The van der Waals surface area contributed by atoms with Crippen LogP contribution in [0.25, 0.3) is 0 Å². The average Bonchev–Trinajstić information content (AvgIpc) is 2.49. The van der Waals surface area contributed by atoms with E-state index in [0.29, 0.717) is 5.76 Å². The van der Waals surface area contributed by atoms with Gasteiger partial charge in [0.1, 0.15) is 12.2 Å². The molecule has 0 aliphatic heterocycles. The summed E-state index contributed by atoms with van der Waals surface area (Å²) in [5, 5.41) is 11.0. The first-order chi connectivity index (χ1) is 6.22. The number of carbonyl (C=O) groups is 1. The van der Waals surface area contributed by atoms with Gasteiger partial charge in [0.05, 0.1) is 12.6 Å². The highest BCUT2D eigenvalue weighted by atomic mass is 35.5. The molecule has 1 amide bonds. The molecule has 0 aliphatic rings. The summed E-state index contributed by atoms with van der Waals surface area (Å²) in [6, 6.07) is 4.99. The van der Waals surface area contributed by atoms with Crippen LogP contribution in [0.4, 0.5) is 0 Å². The molecule has 5 heteroatoms. The number of nitrogens with one attached hydrogen (secondary N) is 1. The van der Waals surface area contributed by atoms with Crippen molar-refractivity contribution in [2.75, 3.05) is 0 Å². The summed E-state index contributed by atoms with van der Waals surface area (Å²) in [5.41, 5.74) is 0. The zero-order valence-corrected chi connectivity index (χ0v) is 7.47. The summed E-state index contributed by atoms with van der Waals surface area (Å²) >= 11 is 5.51. The van der Waals surface area contributed by atoms with Gasteiger partial charge in [-0.25, -0.2) is 0 Å². The van der Waals surface area contributed by atoms with E-state index >= 15 is 0 Å². The Morgan fingerprint density at radius 3 is 3.00 bits per heavy atom. The van der Waals surface area contributed by atoms with Crippen molar-refractivity contribution in [3.05, 3.63) is 23.1 Å². The van der Waals surface area contributed by atoms with Gasteiger partial charge in [-0.2, -0.15) is 5.26 Å². The molecule has 0 aliphatic carbocycles. The van der Waals surface area contributed by atoms with Crippen LogP contribution in [0.5, 0.6) is 0 Å². The molecule has 0 spiro atoms. The highest BCUT2D eigenvalue weighted by Crippen LogP contribution is 2.12. The van der Waals surface area contributed by atoms with E-state index in [1.54, 1.807) is 18.2 Å². The van der Waals surface area contributed by atoms with E-state index in [1.807, 2.05) is 0 Å². The van der Waals surface area contributed by atoms with E-state index in [-0.39, 0.29) is 24.1 Å². The summed E-state index contributed by atoms with van der Waals surface area (Å²) in [5.74, 6) is 0.242. The Bertz CT molecular complexity index is 340. The largest absolute Gasteiger partial charge is 0.448 e. The lowest BCUT2D eigenvalue weighted by Gasteiger charge is -1.97. The lowest BCUT2D eigenvalue weighted by molar-refractivity contribution is -0.120. The van der Waals surface area contributed by atoms with E-state index in [9.17, 15) is 4.79 Å². The smallest absolute Gasteiger partial charge is 0.234 e. The fourth-order valence-corrected chi connectivity index (χ4v) is 0.929. The van der Waals surface area contributed by atoms with Gasteiger partial charge in [-0.1, -0.05) is 0 Å². The van der Waals surface area contributed by atoms with Gasteiger partial charge >= 0.3 is 0 Å². The molecule has 0 saturated heterocycles. The zero-order valence-electron chi connectivity index (χ0n) is 6.71. The summed E-state index contributed by atoms with van der Waals surface area (Å²) in [4.78, 5) is 10.8. The van der Waals surface area contributed by atoms with Crippen LogP contribution in [-0.4, -0.2) is 5.91 Å².